The Hall–Kier alpha value is -1.78. The molecule has 5 heteroatoms. The summed E-state index contributed by atoms with van der Waals surface area (Å²) in [5.74, 6) is -1.48. The zero-order valence-corrected chi connectivity index (χ0v) is 9.29. The van der Waals surface area contributed by atoms with Gasteiger partial charge in [-0.15, -0.1) is 0 Å². The summed E-state index contributed by atoms with van der Waals surface area (Å²) in [7, 11) is 2.39. The lowest BCUT2D eigenvalue weighted by Gasteiger charge is -2.03. The Kier molecular flexibility index (Phi) is 5.85. The van der Waals surface area contributed by atoms with Gasteiger partial charge in [0, 0.05) is 6.20 Å². The van der Waals surface area contributed by atoms with Crippen molar-refractivity contribution >= 4 is 11.9 Å². The van der Waals surface area contributed by atoms with E-state index in [1.165, 1.54) is 20.4 Å². The van der Waals surface area contributed by atoms with Crippen molar-refractivity contribution in [1.82, 2.24) is 5.32 Å². The first kappa shape index (κ1) is 13.2. The van der Waals surface area contributed by atoms with Gasteiger partial charge in [-0.1, -0.05) is 5.57 Å². The minimum Gasteiger partial charge on any atom is -0.465 e. The number of rotatable bonds is 4. The predicted octanol–water partition coefficient (Wildman–Crippen LogP) is 0.730. The molecule has 84 valence electrons. The number of methoxy groups -OCH3 is 2. The third-order valence-corrected chi connectivity index (χ3v) is 1.41. The second-order valence-electron chi connectivity index (χ2n) is 2.93. The molecule has 0 saturated heterocycles. The van der Waals surface area contributed by atoms with Gasteiger partial charge < -0.3 is 14.8 Å². The average molecular weight is 213 g/mol. The van der Waals surface area contributed by atoms with Gasteiger partial charge in [-0.2, -0.15) is 0 Å². The molecule has 0 aliphatic heterocycles. The highest BCUT2D eigenvalue weighted by Crippen LogP contribution is 1.99. The molecule has 0 heterocycles. The Bertz CT molecular complexity index is 283. The summed E-state index contributed by atoms with van der Waals surface area (Å²) >= 11 is 0. The summed E-state index contributed by atoms with van der Waals surface area (Å²) in [6, 6.07) is 0. The van der Waals surface area contributed by atoms with Gasteiger partial charge in [0.25, 0.3) is 0 Å². The maximum Gasteiger partial charge on any atom is 0.346 e. The van der Waals surface area contributed by atoms with E-state index in [0.29, 0.717) is 0 Å². The number of nitrogens with one attached hydrogen (secondary N) is 1. The molecule has 1 N–H and O–H groups in total. The van der Waals surface area contributed by atoms with Gasteiger partial charge in [0.15, 0.2) is 5.57 Å². The van der Waals surface area contributed by atoms with Gasteiger partial charge in [0.2, 0.25) is 0 Å². The number of esters is 2. The highest BCUT2D eigenvalue weighted by atomic mass is 16.5. The third-order valence-electron chi connectivity index (χ3n) is 1.41. The Morgan fingerprint density at radius 3 is 1.80 bits per heavy atom. The van der Waals surface area contributed by atoms with E-state index in [1.807, 2.05) is 13.8 Å². The molecule has 15 heavy (non-hydrogen) atoms. The van der Waals surface area contributed by atoms with Crippen LogP contribution in [0.3, 0.4) is 0 Å². The first-order valence-corrected chi connectivity index (χ1v) is 4.29. The van der Waals surface area contributed by atoms with Gasteiger partial charge in [0.1, 0.15) is 0 Å². The molecular weight excluding hydrogens is 198 g/mol. The number of hydrogen-bond acceptors (Lipinski definition) is 5. The molecule has 0 saturated carbocycles. The summed E-state index contributed by atoms with van der Waals surface area (Å²) in [5.41, 5.74) is 0.817. The lowest BCUT2D eigenvalue weighted by molar-refractivity contribution is -0.144. The van der Waals surface area contributed by atoms with E-state index in [-0.39, 0.29) is 5.57 Å². The van der Waals surface area contributed by atoms with Crippen LogP contribution in [0.15, 0.2) is 23.5 Å². The molecule has 0 amide bonds. The van der Waals surface area contributed by atoms with Crippen LogP contribution in [0.5, 0.6) is 0 Å². The van der Waals surface area contributed by atoms with E-state index in [2.05, 4.69) is 14.8 Å². The summed E-state index contributed by atoms with van der Waals surface area (Å²) < 4.78 is 8.85. The van der Waals surface area contributed by atoms with Gasteiger partial charge in [0.05, 0.1) is 14.2 Å². The quantitative estimate of drug-likeness (QED) is 0.323. The SMILES string of the molecule is COC(=O)C(=CNC=C(C)C)C(=O)OC. The van der Waals surface area contributed by atoms with E-state index in [0.717, 1.165) is 5.57 Å². The number of carbonyl (C=O) groups is 2. The monoisotopic (exact) mass is 213 g/mol. The van der Waals surface area contributed by atoms with Crippen LogP contribution in [0.4, 0.5) is 0 Å². The minimum atomic E-state index is -0.739. The Morgan fingerprint density at radius 2 is 1.47 bits per heavy atom. The molecule has 0 aromatic heterocycles. The van der Waals surface area contributed by atoms with Crippen molar-refractivity contribution in [3.8, 4) is 0 Å². The molecule has 0 aromatic rings. The molecule has 5 nitrogen and oxygen atoms in total. The van der Waals surface area contributed by atoms with Crippen LogP contribution in [-0.4, -0.2) is 26.2 Å². The zero-order valence-electron chi connectivity index (χ0n) is 9.29. The van der Waals surface area contributed by atoms with Crippen molar-refractivity contribution in [2.75, 3.05) is 14.2 Å². The van der Waals surface area contributed by atoms with Crippen molar-refractivity contribution in [2.45, 2.75) is 13.8 Å². The van der Waals surface area contributed by atoms with Crippen molar-refractivity contribution < 1.29 is 19.1 Å². The molecule has 0 aliphatic rings. The van der Waals surface area contributed by atoms with Crippen LogP contribution in [0, 0.1) is 0 Å². The van der Waals surface area contributed by atoms with Crippen LogP contribution >= 0.6 is 0 Å². The van der Waals surface area contributed by atoms with Crippen molar-refractivity contribution in [2.24, 2.45) is 0 Å². The van der Waals surface area contributed by atoms with Crippen molar-refractivity contribution in [3.05, 3.63) is 23.5 Å². The fourth-order valence-corrected chi connectivity index (χ4v) is 0.713. The fourth-order valence-electron chi connectivity index (χ4n) is 0.713. The Balaban J connectivity index is 4.70. The normalized spacial score (nSPS) is 8.53. The lowest BCUT2D eigenvalue weighted by Crippen LogP contribution is -2.18. The van der Waals surface area contributed by atoms with Gasteiger partial charge in [-0.3, -0.25) is 0 Å². The standard InChI is InChI=1S/C10H15NO4/c1-7(2)5-11-6-8(9(12)14-3)10(13)15-4/h5-6,11H,1-4H3. The number of hydrogen-bond donors (Lipinski definition) is 1. The highest BCUT2D eigenvalue weighted by Gasteiger charge is 2.18. The molecule has 0 fully saturated rings. The smallest absolute Gasteiger partial charge is 0.346 e. The van der Waals surface area contributed by atoms with Crippen LogP contribution in [-0.2, 0) is 19.1 Å². The average Bonchev–Trinajstić information content (AvgIpc) is 2.22. The Morgan fingerprint density at radius 1 is 1.00 bits per heavy atom. The molecule has 0 spiro atoms. The summed E-state index contributed by atoms with van der Waals surface area (Å²) in [6.07, 6.45) is 2.89. The molecule has 0 aromatic carbocycles. The Labute approximate surface area is 88.7 Å². The lowest BCUT2D eigenvalue weighted by atomic mass is 10.3. The molecule has 0 unspecified atom stereocenters. The predicted molar refractivity (Wildman–Crippen MR) is 54.7 cm³/mol. The summed E-state index contributed by atoms with van der Waals surface area (Å²) in [4.78, 5) is 22.3. The number of allylic oxidation sites excluding steroid dienone is 1. The van der Waals surface area contributed by atoms with Gasteiger partial charge in [-0.05, 0) is 20.0 Å². The first-order chi connectivity index (χ1) is 7.02. The maximum absolute atomic E-state index is 11.1. The second-order valence-corrected chi connectivity index (χ2v) is 2.93. The topological polar surface area (TPSA) is 64.6 Å². The molecule has 0 aliphatic carbocycles. The molecule has 0 rings (SSSR count). The van der Waals surface area contributed by atoms with Crippen LogP contribution in [0.25, 0.3) is 0 Å². The maximum atomic E-state index is 11.1. The van der Waals surface area contributed by atoms with E-state index >= 15 is 0 Å². The van der Waals surface area contributed by atoms with E-state index < -0.39 is 11.9 Å². The zero-order chi connectivity index (χ0) is 11.8. The first-order valence-electron chi connectivity index (χ1n) is 4.29. The highest BCUT2D eigenvalue weighted by molar-refractivity contribution is 6.13. The molecular formula is C10H15NO4. The van der Waals surface area contributed by atoms with Crippen LogP contribution in [0.2, 0.25) is 0 Å². The molecule has 0 radical (unpaired) electrons. The minimum absolute atomic E-state index is 0.183. The largest absolute Gasteiger partial charge is 0.465 e. The second kappa shape index (κ2) is 6.64. The van der Waals surface area contributed by atoms with E-state index in [4.69, 9.17) is 0 Å². The third kappa shape index (κ3) is 4.85. The molecule has 0 atom stereocenters. The van der Waals surface area contributed by atoms with Crippen LogP contribution in [0.1, 0.15) is 13.8 Å². The van der Waals surface area contributed by atoms with Crippen LogP contribution < -0.4 is 5.32 Å². The van der Waals surface area contributed by atoms with Gasteiger partial charge in [-0.25, -0.2) is 9.59 Å². The van der Waals surface area contributed by atoms with E-state index in [1.54, 1.807) is 6.20 Å². The van der Waals surface area contributed by atoms with Crippen molar-refractivity contribution in [3.63, 3.8) is 0 Å². The fraction of sp³-hybridized carbons (Fsp3) is 0.400. The summed E-state index contributed by atoms with van der Waals surface area (Å²) in [6.45, 7) is 3.74. The number of ether oxygens (including phenoxy) is 2. The molecule has 0 bridgehead atoms. The van der Waals surface area contributed by atoms with Crippen molar-refractivity contribution in [1.29, 1.82) is 0 Å². The number of carbonyl (C=O) groups excluding carboxylic acids is 2. The van der Waals surface area contributed by atoms with E-state index in [9.17, 15) is 9.59 Å². The van der Waals surface area contributed by atoms with Gasteiger partial charge >= 0.3 is 11.9 Å². The summed E-state index contributed by atoms with van der Waals surface area (Å²) in [5, 5.41) is 2.69.